The molecule has 3 rings (SSSR count). The Bertz CT molecular complexity index is 1120. The monoisotopic (exact) mass is 426 g/mol. The van der Waals surface area contributed by atoms with Crippen LogP contribution in [0.15, 0.2) is 65.3 Å². The van der Waals surface area contributed by atoms with E-state index in [2.05, 4.69) is 0 Å². The molecule has 0 aromatic heterocycles. The van der Waals surface area contributed by atoms with E-state index >= 15 is 0 Å². The second kappa shape index (κ2) is 9.30. The molecule has 1 atom stereocenters. The molecule has 2 N–H and O–H groups in total. The van der Waals surface area contributed by atoms with Crippen LogP contribution < -0.4 is 10.5 Å². The Labute approximate surface area is 178 Å². The first kappa shape index (κ1) is 21.8. The van der Waals surface area contributed by atoms with Crippen LogP contribution in [0, 0.1) is 23.0 Å². The van der Waals surface area contributed by atoms with Gasteiger partial charge in [-0.15, -0.1) is 0 Å². The van der Waals surface area contributed by atoms with Gasteiger partial charge in [0.15, 0.2) is 11.6 Å². The van der Waals surface area contributed by atoms with Crippen LogP contribution >= 0.6 is 0 Å². The Hall–Kier alpha value is -3.86. The zero-order chi connectivity index (χ0) is 22.5. The van der Waals surface area contributed by atoms with Crippen molar-refractivity contribution in [2.24, 2.45) is 5.73 Å². The fourth-order valence-corrected chi connectivity index (χ4v) is 3.36. The van der Waals surface area contributed by atoms with Crippen LogP contribution in [-0.4, -0.2) is 12.6 Å². The molecule has 1 aliphatic rings. The van der Waals surface area contributed by atoms with Crippen molar-refractivity contribution in [3.8, 4) is 11.8 Å². The third-order valence-electron chi connectivity index (χ3n) is 4.74. The first-order valence-corrected chi connectivity index (χ1v) is 9.48. The van der Waals surface area contributed by atoms with Crippen molar-refractivity contribution in [2.75, 3.05) is 6.61 Å². The van der Waals surface area contributed by atoms with Crippen molar-refractivity contribution >= 4 is 5.97 Å². The maximum atomic E-state index is 14.0. The molecular formula is C23H20F2N2O4. The van der Waals surface area contributed by atoms with Crippen LogP contribution in [0.4, 0.5) is 8.78 Å². The Morgan fingerprint density at radius 2 is 2.00 bits per heavy atom. The molecule has 0 saturated heterocycles. The number of carbonyl (C=O) groups is 1. The lowest BCUT2D eigenvalue weighted by molar-refractivity contribution is -0.139. The molecule has 6 nitrogen and oxygen atoms in total. The number of hydrogen-bond donors (Lipinski definition) is 1. The summed E-state index contributed by atoms with van der Waals surface area (Å²) in [5.41, 5.74) is 7.18. The van der Waals surface area contributed by atoms with E-state index in [9.17, 15) is 18.8 Å². The van der Waals surface area contributed by atoms with E-state index in [1.165, 1.54) is 0 Å². The Kier molecular flexibility index (Phi) is 6.55. The number of benzene rings is 2. The minimum Gasteiger partial charge on any atom is -0.486 e. The van der Waals surface area contributed by atoms with Crippen molar-refractivity contribution < 1.29 is 27.8 Å². The van der Waals surface area contributed by atoms with Crippen molar-refractivity contribution in [1.29, 1.82) is 5.26 Å². The normalized spacial score (nSPS) is 15.9. The average molecular weight is 426 g/mol. The van der Waals surface area contributed by atoms with Crippen molar-refractivity contribution in [1.82, 2.24) is 0 Å². The minimum absolute atomic E-state index is 0.0399. The van der Waals surface area contributed by atoms with E-state index in [1.54, 1.807) is 38.1 Å². The largest absolute Gasteiger partial charge is 0.486 e. The standard InChI is InChI=1S/C23H20F2N2O4/c1-3-29-23(28)20-13(2)31-22(27)17(11-26)21(20)16-7-5-4-6-14(16)12-30-19-10-15(24)8-9-18(19)25/h4-10,21H,3,12,27H2,1-2H3. The molecule has 0 amide bonds. The molecule has 2 aromatic carbocycles. The van der Waals surface area contributed by atoms with Gasteiger partial charge in [-0.1, -0.05) is 24.3 Å². The van der Waals surface area contributed by atoms with Crippen molar-refractivity contribution in [3.63, 3.8) is 0 Å². The van der Waals surface area contributed by atoms with E-state index in [0.29, 0.717) is 11.1 Å². The molecule has 0 aliphatic carbocycles. The Morgan fingerprint density at radius 3 is 2.71 bits per heavy atom. The number of ether oxygens (including phenoxy) is 3. The third kappa shape index (κ3) is 4.51. The van der Waals surface area contributed by atoms with Crippen LogP contribution in [0.2, 0.25) is 0 Å². The number of rotatable bonds is 6. The lowest BCUT2D eigenvalue weighted by atomic mass is 9.81. The summed E-state index contributed by atoms with van der Waals surface area (Å²) in [6.07, 6.45) is 0. The van der Waals surface area contributed by atoms with Crippen molar-refractivity contribution in [3.05, 3.63) is 88.0 Å². The summed E-state index contributed by atoms with van der Waals surface area (Å²) in [4.78, 5) is 12.7. The van der Waals surface area contributed by atoms with Gasteiger partial charge in [0.1, 0.15) is 29.8 Å². The van der Waals surface area contributed by atoms with Gasteiger partial charge in [0.05, 0.1) is 18.1 Å². The number of halogens is 2. The van der Waals surface area contributed by atoms with Gasteiger partial charge in [-0.3, -0.25) is 0 Å². The first-order valence-electron chi connectivity index (χ1n) is 9.48. The van der Waals surface area contributed by atoms with Crippen LogP contribution in [0.1, 0.15) is 30.9 Å². The highest BCUT2D eigenvalue weighted by molar-refractivity contribution is 5.92. The number of carbonyl (C=O) groups excluding carboxylic acids is 1. The summed E-state index contributed by atoms with van der Waals surface area (Å²) in [5, 5.41) is 9.71. The van der Waals surface area contributed by atoms with Gasteiger partial charge in [-0.25, -0.2) is 13.6 Å². The molecule has 1 unspecified atom stereocenters. The molecule has 31 heavy (non-hydrogen) atoms. The maximum Gasteiger partial charge on any atom is 0.338 e. The van der Waals surface area contributed by atoms with Crippen LogP contribution in [-0.2, 0) is 20.9 Å². The van der Waals surface area contributed by atoms with Gasteiger partial charge in [0.25, 0.3) is 0 Å². The van der Waals surface area contributed by atoms with Gasteiger partial charge < -0.3 is 19.9 Å². The fraction of sp³-hybridized carbons (Fsp3) is 0.217. The lowest BCUT2D eigenvalue weighted by Gasteiger charge is -2.28. The summed E-state index contributed by atoms with van der Waals surface area (Å²) in [6, 6.07) is 11.8. The van der Waals surface area contributed by atoms with E-state index in [0.717, 1.165) is 18.2 Å². The fourth-order valence-electron chi connectivity index (χ4n) is 3.36. The molecular weight excluding hydrogens is 406 g/mol. The molecule has 1 heterocycles. The minimum atomic E-state index is -0.866. The molecule has 160 valence electrons. The average Bonchev–Trinajstić information content (AvgIpc) is 2.74. The molecule has 8 heteroatoms. The molecule has 0 saturated carbocycles. The second-order valence-electron chi connectivity index (χ2n) is 6.68. The zero-order valence-corrected chi connectivity index (χ0v) is 16.9. The topological polar surface area (TPSA) is 94.6 Å². The summed E-state index contributed by atoms with van der Waals surface area (Å²) in [7, 11) is 0. The van der Waals surface area contributed by atoms with E-state index < -0.39 is 23.5 Å². The first-order chi connectivity index (χ1) is 14.9. The summed E-state index contributed by atoms with van der Waals surface area (Å²) in [6.45, 7) is 3.22. The SMILES string of the molecule is CCOC(=O)C1=C(C)OC(N)=C(C#N)C1c1ccccc1COc1cc(F)ccc1F. The predicted molar refractivity (Wildman–Crippen MR) is 107 cm³/mol. The van der Waals surface area contributed by atoms with E-state index in [-0.39, 0.29) is 41.8 Å². The van der Waals surface area contributed by atoms with Crippen LogP contribution in [0.3, 0.4) is 0 Å². The summed E-state index contributed by atoms with van der Waals surface area (Å²) < 4.78 is 43.5. The third-order valence-corrected chi connectivity index (χ3v) is 4.74. The summed E-state index contributed by atoms with van der Waals surface area (Å²) in [5.74, 6) is -3.02. The predicted octanol–water partition coefficient (Wildman–Crippen LogP) is 4.19. The quantitative estimate of drug-likeness (QED) is 0.696. The second-order valence-corrected chi connectivity index (χ2v) is 6.68. The molecule has 0 fully saturated rings. The molecule has 0 bridgehead atoms. The maximum absolute atomic E-state index is 14.0. The highest BCUT2D eigenvalue weighted by atomic mass is 19.1. The van der Waals surface area contributed by atoms with Gasteiger partial charge in [0.2, 0.25) is 5.88 Å². The molecule has 0 radical (unpaired) electrons. The summed E-state index contributed by atoms with van der Waals surface area (Å²) >= 11 is 0. The van der Waals surface area contributed by atoms with Gasteiger partial charge in [-0.05, 0) is 37.1 Å². The number of allylic oxidation sites excluding steroid dienone is 2. The Morgan fingerprint density at radius 1 is 1.26 bits per heavy atom. The van der Waals surface area contributed by atoms with Gasteiger partial charge >= 0.3 is 5.97 Å². The lowest BCUT2D eigenvalue weighted by Crippen LogP contribution is -2.26. The van der Waals surface area contributed by atoms with E-state index in [1.807, 2.05) is 6.07 Å². The number of nitrogens with zero attached hydrogens (tertiary/aromatic N) is 1. The molecule has 0 spiro atoms. The zero-order valence-electron chi connectivity index (χ0n) is 16.9. The number of hydrogen-bond acceptors (Lipinski definition) is 6. The van der Waals surface area contributed by atoms with Crippen LogP contribution in [0.25, 0.3) is 0 Å². The molecule has 2 aromatic rings. The van der Waals surface area contributed by atoms with Crippen molar-refractivity contribution in [2.45, 2.75) is 26.4 Å². The molecule has 1 aliphatic heterocycles. The van der Waals surface area contributed by atoms with Gasteiger partial charge in [0, 0.05) is 6.07 Å². The highest BCUT2D eigenvalue weighted by Gasteiger charge is 2.37. The van der Waals surface area contributed by atoms with Crippen LogP contribution in [0.5, 0.6) is 5.75 Å². The van der Waals surface area contributed by atoms with Gasteiger partial charge in [-0.2, -0.15) is 5.26 Å². The number of esters is 1. The number of nitrogens with two attached hydrogens (primary N) is 1. The highest BCUT2D eigenvalue weighted by Crippen LogP contribution is 2.41. The number of nitriles is 1. The smallest absolute Gasteiger partial charge is 0.338 e. The van der Waals surface area contributed by atoms with E-state index in [4.69, 9.17) is 19.9 Å². The Balaban J connectivity index is 2.05.